The predicted molar refractivity (Wildman–Crippen MR) is 74.7 cm³/mol. The highest BCUT2D eigenvalue weighted by Gasteiger charge is 2.15. The van der Waals surface area contributed by atoms with E-state index in [9.17, 15) is 13.6 Å². The highest BCUT2D eigenvalue weighted by molar-refractivity contribution is 7.99. The molecule has 0 fully saturated rings. The van der Waals surface area contributed by atoms with Gasteiger partial charge in [0, 0.05) is 17.1 Å². The topological polar surface area (TPSA) is 41.1 Å². The van der Waals surface area contributed by atoms with Crippen LogP contribution in [0, 0.1) is 0 Å². The molecule has 1 unspecified atom stereocenters. The first-order valence-electron chi connectivity index (χ1n) is 6.12. The number of halogens is 2. The highest BCUT2D eigenvalue weighted by atomic mass is 32.2. The Morgan fingerprint density at radius 1 is 1.37 bits per heavy atom. The molecule has 1 aromatic carbocycles. The Morgan fingerprint density at radius 2 is 2.05 bits per heavy atom. The lowest BCUT2D eigenvalue weighted by atomic mass is 10.2. The summed E-state index contributed by atoms with van der Waals surface area (Å²) in [4.78, 5) is 12.1. The summed E-state index contributed by atoms with van der Waals surface area (Å²) in [6.45, 7) is 4.28. The van der Waals surface area contributed by atoms with Gasteiger partial charge in [-0.25, -0.2) is 0 Å². The van der Waals surface area contributed by atoms with Crippen molar-refractivity contribution in [1.82, 2.24) is 5.32 Å². The van der Waals surface area contributed by atoms with Crippen molar-refractivity contribution in [2.75, 3.05) is 11.9 Å². The molecule has 0 aliphatic carbocycles. The third-order valence-corrected chi connectivity index (χ3v) is 3.21. The third-order valence-electron chi connectivity index (χ3n) is 2.42. The van der Waals surface area contributed by atoms with E-state index in [0.717, 1.165) is 6.42 Å². The Labute approximate surface area is 116 Å². The summed E-state index contributed by atoms with van der Waals surface area (Å²) in [7, 11) is 0. The number of nitrogens with one attached hydrogen (secondary N) is 2. The Morgan fingerprint density at radius 3 is 2.68 bits per heavy atom. The van der Waals surface area contributed by atoms with Gasteiger partial charge in [-0.15, -0.1) is 0 Å². The molecule has 19 heavy (non-hydrogen) atoms. The fraction of sp³-hybridized carbons (Fsp3) is 0.462. The van der Waals surface area contributed by atoms with Crippen molar-refractivity contribution < 1.29 is 13.6 Å². The van der Waals surface area contributed by atoms with E-state index in [0.29, 0.717) is 28.9 Å². The van der Waals surface area contributed by atoms with Crippen molar-refractivity contribution in [3.8, 4) is 0 Å². The second kappa shape index (κ2) is 7.99. The molecule has 1 rings (SSSR count). The molecule has 0 saturated carbocycles. The van der Waals surface area contributed by atoms with E-state index in [1.807, 2.05) is 6.92 Å². The molecule has 1 amide bonds. The van der Waals surface area contributed by atoms with Gasteiger partial charge in [-0.2, -0.15) is 8.78 Å². The lowest BCUT2D eigenvalue weighted by Crippen LogP contribution is -2.37. The number of thioether (sulfide) groups is 1. The number of rotatable bonds is 7. The summed E-state index contributed by atoms with van der Waals surface area (Å²) >= 11 is 0.469. The second-order valence-corrected chi connectivity index (χ2v) is 5.06. The number of anilines is 1. The fourth-order valence-electron chi connectivity index (χ4n) is 1.48. The van der Waals surface area contributed by atoms with Crippen LogP contribution in [0.2, 0.25) is 0 Å². The van der Waals surface area contributed by atoms with Crippen molar-refractivity contribution in [3.05, 3.63) is 24.3 Å². The first-order chi connectivity index (χ1) is 9.04. The van der Waals surface area contributed by atoms with Gasteiger partial charge in [-0.05, 0) is 25.5 Å². The maximum absolute atomic E-state index is 12.4. The van der Waals surface area contributed by atoms with Gasteiger partial charge in [-0.3, -0.25) is 4.79 Å². The summed E-state index contributed by atoms with van der Waals surface area (Å²) in [5, 5.41) is 5.71. The van der Waals surface area contributed by atoms with E-state index in [4.69, 9.17) is 0 Å². The van der Waals surface area contributed by atoms with Crippen LogP contribution >= 0.6 is 11.8 Å². The monoisotopic (exact) mass is 288 g/mol. The summed E-state index contributed by atoms with van der Waals surface area (Å²) in [5.74, 6) is -2.62. The van der Waals surface area contributed by atoms with Crippen molar-refractivity contribution in [1.29, 1.82) is 0 Å². The molecule has 0 spiro atoms. The minimum Gasteiger partial charge on any atom is -0.373 e. The SMILES string of the molecule is CCCNC(=O)C(C)Nc1ccccc1SC(F)F. The Kier molecular flexibility index (Phi) is 6.62. The largest absolute Gasteiger partial charge is 0.373 e. The smallest absolute Gasteiger partial charge is 0.288 e. The van der Waals surface area contributed by atoms with Gasteiger partial charge < -0.3 is 10.6 Å². The van der Waals surface area contributed by atoms with Crippen molar-refractivity contribution in [3.63, 3.8) is 0 Å². The van der Waals surface area contributed by atoms with Gasteiger partial charge in [0.1, 0.15) is 6.04 Å². The van der Waals surface area contributed by atoms with Crippen LogP contribution in [0.5, 0.6) is 0 Å². The normalized spacial score (nSPS) is 12.3. The van der Waals surface area contributed by atoms with E-state index in [2.05, 4.69) is 10.6 Å². The number of hydrogen-bond donors (Lipinski definition) is 2. The first-order valence-corrected chi connectivity index (χ1v) is 7.00. The van der Waals surface area contributed by atoms with Crippen LogP contribution < -0.4 is 10.6 Å². The van der Waals surface area contributed by atoms with E-state index in [1.165, 1.54) is 0 Å². The van der Waals surface area contributed by atoms with E-state index in [1.54, 1.807) is 31.2 Å². The summed E-state index contributed by atoms with van der Waals surface area (Å²) in [6.07, 6.45) is 0.857. The summed E-state index contributed by atoms with van der Waals surface area (Å²) in [5.41, 5.74) is 0.548. The van der Waals surface area contributed by atoms with Crippen LogP contribution in [-0.2, 0) is 4.79 Å². The molecule has 0 heterocycles. The van der Waals surface area contributed by atoms with E-state index < -0.39 is 11.8 Å². The minimum atomic E-state index is -2.48. The molecular formula is C13H18F2N2OS. The van der Waals surface area contributed by atoms with E-state index >= 15 is 0 Å². The zero-order valence-corrected chi connectivity index (χ0v) is 11.8. The predicted octanol–water partition coefficient (Wildman–Crippen LogP) is 3.33. The lowest BCUT2D eigenvalue weighted by Gasteiger charge is -2.17. The molecule has 3 nitrogen and oxygen atoms in total. The number of carbonyl (C=O) groups is 1. The van der Waals surface area contributed by atoms with Crippen LogP contribution in [0.15, 0.2) is 29.2 Å². The van der Waals surface area contributed by atoms with Gasteiger partial charge >= 0.3 is 0 Å². The molecular weight excluding hydrogens is 270 g/mol. The fourth-order valence-corrected chi connectivity index (χ4v) is 2.09. The Balaban J connectivity index is 2.67. The maximum atomic E-state index is 12.4. The molecule has 6 heteroatoms. The Bertz CT molecular complexity index is 415. The molecule has 0 aromatic heterocycles. The summed E-state index contributed by atoms with van der Waals surface area (Å²) < 4.78 is 24.8. The van der Waals surface area contributed by atoms with Crippen LogP contribution in [0.1, 0.15) is 20.3 Å². The molecule has 2 N–H and O–H groups in total. The molecule has 0 aliphatic rings. The molecule has 0 bridgehead atoms. The quantitative estimate of drug-likeness (QED) is 0.756. The molecule has 1 aromatic rings. The van der Waals surface area contributed by atoms with Crippen molar-refractivity contribution in [2.24, 2.45) is 0 Å². The average molecular weight is 288 g/mol. The van der Waals surface area contributed by atoms with Crippen molar-refractivity contribution >= 4 is 23.4 Å². The molecule has 106 valence electrons. The first kappa shape index (κ1) is 15.8. The maximum Gasteiger partial charge on any atom is 0.288 e. The standard InChI is InChI=1S/C13H18F2N2OS/c1-3-8-16-12(18)9(2)17-10-6-4-5-7-11(10)19-13(14)15/h4-7,9,13,17H,3,8H2,1-2H3,(H,16,18). The van der Waals surface area contributed by atoms with Gasteiger partial charge in [0.2, 0.25) is 5.91 Å². The van der Waals surface area contributed by atoms with Gasteiger partial charge in [0.25, 0.3) is 5.76 Å². The molecule has 0 aliphatic heterocycles. The second-order valence-electron chi connectivity index (χ2n) is 4.03. The lowest BCUT2D eigenvalue weighted by molar-refractivity contribution is -0.121. The zero-order chi connectivity index (χ0) is 14.3. The average Bonchev–Trinajstić information content (AvgIpc) is 2.37. The molecule has 0 radical (unpaired) electrons. The minimum absolute atomic E-state index is 0.140. The van der Waals surface area contributed by atoms with Crippen LogP contribution in [0.3, 0.4) is 0 Å². The van der Waals surface area contributed by atoms with Crippen molar-refractivity contribution in [2.45, 2.75) is 37.0 Å². The highest BCUT2D eigenvalue weighted by Crippen LogP contribution is 2.31. The number of para-hydroxylation sites is 1. The number of carbonyl (C=O) groups excluding carboxylic acids is 1. The van der Waals surface area contributed by atoms with Crippen LogP contribution in [-0.4, -0.2) is 24.3 Å². The van der Waals surface area contributed by atoms with Gasteiger partial charge in [0.15, 0.2) is 0 Å². The van der Waals surface area contributed by atoms with Gasteiger partial charge in [-0.1, -0.05) is 30.8 Å². The van der Waals surface area contributed by atoms with Gasteiger partial charge in [0.05, 0.1) is 0 Å². The Hall–Kier alpha value is -1.30. The summed E-state index contributed by atoms with van der Waals surface area (Å²) in [6, 6.07) is 6.27. The number of hydrogen-bond acceptors (Lipinski definition) is 3. The van der Waals surface area contributed by atoms with E-state index in [-0.39, 0.29) is 5.91 Å². The van der Waals surface area contributed by atoms with Crippen LogP contribution in [0.4, 0.5) is 14.5 Å². The number of alkyl halides is 2. The zero-order valence-electron chi connectivity index (χ0n) is 11.0. The van der Waals surface area contributed by atoms with Crippen LogP contribution in [0.25, 0.3) is 0 Å². The number of amides is 1. The molecule has 0 saturated heterocycles. The molecule has 1 atom stereocenters. The number of benzene rings is 1. The third kappa shape index (κ3) is 5.46.